The van der Waals surface area contributed by atoms with Crippen LogP contribution in [0.4, 0.5) is 0 Å². The molecule has 0 fully saturated rings. The first kappa shape index (κ1) is 19.8. The number of fused-ring (bicyclic) bond motifs is 2. The third kappa shape index (κ3) is 3.49. The van der Waals surface area contributed by atoms with Gasteiger partial charge in [-0.3, -0.25) is 0 Å². The fourth-order valence-corrected chi connectivity index (χ4v) is 5.21. The number of benzene rings is 5. The average Bonchev–Trinajstić information content (AvgIpc) is 2.88. The molecule has 0 amide bonds. The van der Waals surface area contributed by atoms with Crippen molar-refractivity contribution in [3.05, 3.63) is 126 Å². The van der Waals surface area contributed by atoms with Crippen molar-refractivity contribution in [3.63, 3.8) is 0 Å². The van der Waals surface area contributed by atoms with Crippen molar-refractivity contribution in [2.75, 3.05) is 0 Å². The molecule has 0 bridgehead atoms. The largest absolute Gasteiger partial charge is 0.0836 e. The molecule has 0 aromatic heterocycles. The standard InChI is InChI=1S/C33H26/c1-23-15-17-26(18-16-23)32-28-11-5-7-13-30(28)33(31-14-8-6-12-29(31)32)27-21-19-25(20-22-27)24-9-3-2-4-10-24/h2-7,9-13,15-22H,8,14H2,1H3. The molecule has 0 heterocycles. The number of hydrogen-bond donors (Lipinski definition) is 0. The summed E-state index contributed by atoms with van der Waals surface area (Å²) in [6.07, 6.45) is 6.85. The lowest BCUT2D eigenvalue weighted by molar-refractivity contribution is 0.991. The van der Waals surface area contributed by atoms with Crippen molar-refractivity contribution in [1.29, 1.82) is 0 Å². The summed E-state index contributed by atoms with van der Waals surface area (Å²) in [7, 11) is 0. The van der Waals surface area contributed by atoms with E-state index in [9.17, 15) is 0 Å². The highest BCUT2D eigenvalue weighted by atomic mass is 14.2. The molecule has 0 aliphatic heterocycles. The Morgan fingerprint density at radius 1 is 0.515 bits per heavy atom. The second-order valence-corrected chi connectivity index (χ2v) is 8.94. The molecular formula is C33H26. The van der Waals surface area contributed by atoms with Crippen LogP contribution in [0.5, 0.6) is 0 Å². The predicted octanol–water partition coefficient (Wildman–Crippen LogP) is 9.11. The fraction of sp³-hybridized carbons (Fsp3) is 0.0909. The van der Waals surface area contributed by atoms with Gasteiger partial charge in [0.1, 0.15) is 0 Å². The predicted molar refractivity (Wildman–Crippen MR) is 142 cm³/mol. The van der Waals surface area contributed by atoms with Crippen LogP contribution < -0.4 is 0 Å². The van der Waals surface area contributed by atoms with E-state index >= 15 is 0 Å². The van der Waals surface area contributed by atoms with Crippen LogP contribution in [0.2, 0.25) is 0 Å². The molecule has 0 nitrogen and oxygen atoms in total. The maximum atomic E-state index is 2.35. The Balaban J connectivity index is 1.60. The van der Waals surface area contributed by atoms with Crippen molar-refractivity contribution >= 4 is 16.8 Å². The van der Waals surface area contributed by atoms with E-state index < -0.39 is 0 Å². The van der Waals surface area contributed by atoms with Gasteiger partial charge in [0, 0.05) is 0 Å². The smallest absolute Gasteiger partial charge is 0.00297 e. The van der Waals surface area contributed by atoms with E-state index in [0.717, 1.165) is 12.8 Å². The Morgan fingerprint density at radius 2 is 1.06 bits per heavy atom. The highest BCUT2D eigenvalue weighted by Crippen LogP contribution is 2.44. The SMILES string of the molecule is Cc1ccc(-c2c3c(c(-c4ccc(-c5ccccc5)cc4)c4ccccc24)CCC=C3)cc1. The molecule has 158 valence electrons. The summed E-state index contributed by atoms with van der Waals surface area (Å²) in [6, 6.07) is 37.7. The molecule has 33 heavy (non-hydrogen) atoms. The van der Waals surface area contributed by atoms with Gasteiger partial charge in [0.15, 0.2) is 0 Å². The monoisotopic (exact) mass is 422 g/mol. The maximum absolute atomic E-state index is 2.35. The molecule has 1 aliphatic carbocycles. The van der Waals surface area contributed by atoms with E-state index in [1.165, 1.54) is 60.8 Å². The second-order valence-electron chi connectivity index (χ2n) is 8.94. The molecular weight excluding hydrogens is 396 g/mol. The summed E-state index contributed by atoms with van der Waals surface area (Å²) >= 11 is 0. The maximum Gasteiger partial charge on any atom is -0.00297 e. The van der Waals surface area contributed by atoms with Gasteiger partial charge in [-0.15, -0.1) is 0 Å². The van der Waals surface area contributed by atoms with Crippen LogP contribution in [0.15, 0.2) is 109 Å². The van der Waals surface area contributed by atoms with Crippen molar-refractivity contribution in [3.8, 4) is 33.4 Å². The minimum atomic E-state index is 1.07. The first-order valence-corrected chi connectivity index (χ1v) is 11.8. The second kappa shape index (κ2) is 8.22. The normalized spacial score (nSPS) is 12.6. The zero-order valence-electron chi connectivity index (χ0n) is 18.9. The third-order valence-corrected chi connectivity index (χ3v) is 6.83. The Labute approximate surface area is 195 Å². The third-order valence-electron chi connectivity index (χ3n) is 6.83. The van der Waals surface area contributed by atoms with Crippen LogP contribution in [-0.2, 0) is 6.42 Å². The minimum absolute atomic E-state index is 1.07. The zero-order chi connectivity index (χ0) is 22.2. The molecule has 0 saturated heterocycles. The minimum Gasteiger partial charge on any atom is -0.0836 e. The summed E-state index contributed by atoms with van der Waals surface area (Å²) in [6.45, 7) is 2.15. The first-order valence-electron chi connectivity index (χ1n) is 11.8. The number of hydrogen-bond acceptors (Lipinski definition) is 0. The highest BCUT2D eigenvalue weighted by Gasteiger charge is 2.21. The van der Waals surface area contributed by atoms with Crippen LogP contribution in [0.1, 0.15) is 23.1 Å². The van der Waals surface area contributed by atoms with Crippen LogP contribution in [0.25, 0.3) is 50.2 Å². The lowest BCUT2D eigenvalue weighted by atomic mass is 9.80. The highest BCUT2D eigenvalue weighted by molar-refractivity contribution is 6.10. The number of aryl methyl sites for hydroxylation is 1. The van der Waals surface area contributed by atoms with Gasteiger partial charge < -0.3 is 0 Å². The quantitative estimate of drug-likeness (QED) is 0.272. The van der Waals surface area contributed by atoms with Crippen LogP contribution in [0, 0.1) is 6.92 Å². The summed E-state index contributed by atoms with van der Waals surface area (Å²) < 4.78 is 0. The molecule has 0 atom stereocenters. The van der Waals surface area contributed by atoms with Gasteiger partial charge in [-0.1, -0.05) is 121 Å². The van der Waals surface area contributed by atoms with Crippen molar-refractivity contribution in [2.45, 2.75) is 19.8 Å². The van der Waals surface area contributed by atoms with Gasteiger partial charge in [-0.05, 0) is 75.0 Å². The average molecular weight is 423 g/mol. The molecule has 5 aromatic rings. The zero-order valence-corrected chi connectivity index (χ0v) is 18.9. The van der Waals surface area contributed by atoms with E-state index in [-0.39, 0.29) is 0 Å². The summed E-state index contributed by atoms with van der Waals surface area (Å²) in [4.78, 5) is 0. The molecule has 0 saturated carbocycles. The first-order chi connectivity index (χ1) is 16.3. The van der Waals surface area contributed by atoms with Crippen LogP contribution in [0.3, 0.4) is 0 Å². The molecule has 6 rings (SSSR count). The van der Waals surface area contributed by atoms with Gasteiger partial charge in [-0.2, -0.15) is 0 Å². The molecule has 0 N–H and O–H groups in total. The van der Waals surface area contributed by atoms with Gasteiger partial charge in [0.05, 0.1) is 0 Å². The topological polar surface area (TPSA) is 0 Å². The summed E-state index contributed by atoms with van der Waals surface area (Å²) in [5.41, 5.74) is 12.0. The lowest BCUT2D eigenvalue weighted by Crippen LogP contribution is -2.02. The van der Waals surface area contributed by atoms with Crippen molar-refractivity contribution in [1.82, 2.24) is 0 Å². The van der Waals surface area contributed by atoms with E-state index in [0.29, 0.717) is 0 Å². The summed E-state index contributed by atoms with van der Waals surface area (Å²) in [5.74, 6) is 0. The number of rotatable bonds is 3. The van der Waals surface area contributed by atoms with Crippen LogP contribution >= 0.6 is 0 Å². The number of allylic oxidation sites excluding steroid dienone is 1. The van der Waals surface area contributed by atoms with E-state index in [2.05, 4.69) is 122 Å². The Morgan fingerprint density at radius 3 is 1.79 bits per heavy atom. The van der Waals surface area contributed by atoms with Gasteiger partial charge in [-0.25, -0.2) is 0 Å². The summed E-state index contributed by atoms with van der Waals surface area (Å²) in [5, 5.41) is 2.67. The molecule has 0 radical (unpaired) electrons. The van der Waals surface area contributed by atoms with Crippen molar-refractivity contribution in [2.24, 2.45) is 0 Å². The molecule has 0 unspecified atom stereocenters. The Hall–Kier alpha value is -3.90. The molecule has 5 aromatic carbocycles. The van der Waals surface area contributed by atoms with Gasteiger partial charge >= 0.3 is 0 Å². The molecule has 0 spiro atoms. The van der Waals surface area contributed by atoms with E-state index in [1.54, 1.807) is 0 Å². The Bertz CT molecular complexity index is 1470. The fourth-order valence-electron chi connectivity index (χ4n) is 5.21. The van der Waals surface area contributed by atoms with Crippen LogP contribution in [-0.4, -0.2) is 0 Å². The van der Waals surface area contributed by atoms with E-state index in [4.69, 9.17) is 0 Å². The van der Waals surface area contributed by atoms with Crippen molar-refractivity contribution < 1.29 is 0 Å². The Kier molecular flexibility index (Phi) is 4.92. The molecule has 0 heteroatoms. The molecule has 1 aliphatic rings. The van der Waals surface area contributed by atoms with Gasteiger partial charge in [0.25, 0.3) is 0 Å². The lowest BCUT2D eigenvalue weighted by Gasteiger charge is -2.24. The van der Waals surface area contributed by atoms with E-state index in [1.807, 2.05) is 0 Å². The van der Waals surface area contributed by atoms with Gasteiger partial charge in [0.2, 0.25) is 0 Å².